The summed E-state index contributed by atoms with van der Waals surface area (Å²) >= 11 is 0. The van der Waals surface area contributed by atoms with Crippen molar-refractivity contribution in [3.05, 3.63) is 108 Å². The van der Waals surface area contributed by atoms with E-state index in [0.717, 1.165) is 16.7 Å². The maximum atomic E-state index is 14.2. The van der Waals surface area contributed by atoms with Crippen LogP contribution in [-0.4, -0.2) is 61.3 Å². The van der Waals surface area contributed by atoms with Crippen LogP contribution in [-0.2, 0) is 42.9 Å². The van der Waals surface area contributed by atoms with E-state index >= 15 is 0 Å². The van der Waals surface area contributed by atoms with Crippen molar-refractivity contribution in [3.8, 4) is 0 Å². The Morgan fingerprint density at radius 2 is 1.18 bits per heavy atom. The van der Waals surface area contributed by atoms with E-state index in [4.69, 9.17) is 9.16 Å². The number of carbonyl (C=O) groups is 4. The standard InChI is InChI=1S/C35H45N3O6Si/c1-35(2,3)43-34(42)37-29(22-26-16-10-7-11-17-26)32(40)38(24-28-20-14-9-15-21-28)25-31(39)36-30(33(41)44-45(4,5)6)23-27-18-12-8-13-19-27/h7-21,29-30H,22-25H2,1-6H3,(H,36,39)(H,37,42)/t29-,30-/m0/s1. The molecule has 0 fully saturated rings. The number of nitrogens with one attached hydrogen (secondary N) is 2. The van der Waals surface area contributed by atoms with E-state index in [1.54, 1.807) is 20.8 Å². The highest BCUT2D eigenvalue weighted by atomic mass is 28.4. The second-order valence-electron chi connectivity index (χ2n) is 12.9. The molecular weight excluding hydrogens is 586 g/mol. The van der Waals surface area contributed by atoms with Gasteiger partial charge in [-0.1, -0.05) is 91.0 Å². The quantitative estimate of drug-likeness (QED) is 0.249. The summed E-state index contributed by atoms with van der Waals surface area (Å²) in [7, 11) is -2.25. The van der Waals surface area contributed by atoms with Gasteiger partial charge in [0, 0.05) is 19.4 Å². The molecule has 0 saturated heterocycles. The SMILES string of the molecule is CC(C)(C)OC(=O)N[C@@H](Cc1ccccc1)C(=O)N(CC(=O)N[C@@H](Cc1ccccc1)C(=O)O[Si](C)(C)C)Cc1ccccc1. The number of alkyl carbamates (subject to hydrolysis) is 1. The predicted molar refractivity (Wildman–Crippen MR) is 177 cm³/mol. The van der Waals surface area contributed by atoms with Gasteiger partial charge in [-0.25, -0.2) is 4.79 Å². The zero-order valence-electron chi connectivity index (χ0n) is 27.0. The maximum absolute atomic E-state index is 14.2. The fraction of sp³-hybridized carbons (Fsp3) is 0.371. The largest absolute Gasteiger partial charge is 0.518 e. The number of carbonyl (C=O) groups excluding carboxylic acids is 4. The van der Waals surface area contributed by atoms with Crippen LogP contribution in [0.2, 0.25) is 19.6 Å². The van der Waals surface area contributed by atoms with Crippen LogP contribution < -0.4 is 10.6 Å². The highest BCUT2D eigenvalue weighted by Crippen LogP contribution is 2.14. The predicted octanol–water partition coefficient (Wildman–Crippen LogP) is 5.26. The lowest BCUT2D eigenvalue weighted by molar-refractivity contribution is -0.142. The van der Waals surface area contributed by atoms with Crippen LogP contribution in [0.25, 0.3) is 0 Å². The smallest absolute Gasteiger partial charge is 0.408 e. The number of amides is 3. The highest BCUT2D eigenvalue weighted by molar-refractivity contribution is 6.71. The Bertz CT molecular complexity index is 1410. The molecule has 0 saturated carbocycles. The monoisotopic (exact) mass is 631 g/mol. The number of nitrogens with zero attached hydrogens (tertiary/aromatic N) is 1. The first-order valence-corrected chi connectivity index (χ1v) is 18.5. The molecule has 0 radical (unpaired) electrons. The van der Waals surface area contributed by atoms with Gasteiger partial charge in [-0.2, -0.15) is 0 Å². The molecule has 0 spiro atoms. The van der Waals surface area contributed by atoms with E-state index in [2.05, 4.69) is 10.6 Å². The molecule has 0 bridgehead atoms. The van der Waals surface area contributed by atoms with Gasteiger partial charge in [-0.15, -0.1) is 0 Å². The minimum Gasteiger partial charge on any atom is -0.518 e. The van der Waals surface area contributed by atoms with Gasteiger partial charge in [0.15, 0.2) is 0 Å². The van der Waals surface area contributed by atoms with E-state index in [1.807, 2.05) is 111 Å². The average molecular weight is 632 g/mol. The molecule has 10 heteroatoms. The molecule has 9 nitrogen and oxygen atoms in total. The van der Waals surface area contributed by atoms with Gasteiger partial charge in [-0.05, 0) is 57.1 Å². The van der Waals surface area contributed by atoms with Gasteiger partial charge in [0.05, 0.1) is 6.54 Å². The van der Waals surface area contributed by atoms with Crippen molar-refractivity contribution in [1.82, 2.24) is 15.5 Å². The lowest BCUT2D eigenvalue weighted by Crippen LogP contribution is -2.54. The number of rotatable bonds is 13. The molecule has 0 heterocycles. The Balaban J connectivity index is 1.88. The highest BCUT2D eigenvalue weighted by Gasteiger charge is 2.32. The molecule has 0 aliphatic heterocycles. The summed E-state index contributed by atoms with van der Waals surface area (Å²) in [5.74, 6) is -1.50. The normalized spacial score (nSPS) is 12.8. The van der Waals surface area contributed by atoms with E-state index in [1.165, 1.54) is 4.90 Å². The van der Waals surface area contributed by atoms with Crippen LogP contribution in [0.5, 0.6) is 0 Å². The van der Waals surface area contributed by atoms with Crippen molar-refractivity contribution < 1.29 is 28.3 Å². The van der Waals surface area contributed by atoms with Gasteiger partial charge in [0.1, 0.15) is 17.7 Å². The lowest BCUT2D eigenvalue weighted by Gasteiger charge is -2.30. The van der Waals surface area contributed by atoms with Gasteiger partial charge in [-0.3, -0.25) is 14.4 Å². The molecule has 0 unspecified atom stereocenters. The summed E-state index contributed by atoms with van der Waals surface area (Å²) in [6.45, 7) is 10.7. The van der Waals surface area contributed by atoms with Crippen molar-refractivity contribution in [3.63, 3.8) is 0 Å². The Kier molecular flexibility index (Phi) is 12.5. The maximum Gasteiger partial charge on any atom is 0.408 e. The molecule has 45 heavy (non-hydrogen) atoms. The van der Waals surface area contributed by atoms with Crippen molar-refractivity contribution in [2.75, 3.05) is 6.54 Å². The van der Waals surface area contributed by atoms with E-state index in [0.29, 0.717) is 0 Å². The fourth-order valence-corrected chi connectivity index (χ4v) is 5.31. The third kappa shape index (κ3) is 13.0. The van der Waals surface area contributed by atoms with E-state index in [9.17, 15) is 19.2 Å². The number of hydrogen-bond donors (Lipinski definition) is 2. The first-order valence-electron chi connectivity index (χ1n) is 15.1. The number of hydrogen-bond acceptors (Lipinski definition) is 6. The second kappa shape index (κ2) is 16.0. The Morgan fingerprint density at radius 1 is 0.711 bits per heavy atom. The third-order valence-corrected chi connectivity index (χ3v) is 7.26. The molecule has 240 valence electrons. The molecule has 3 aromatic carbocycles. The van der Waals surface area contributed by atoms with Crippen LogP contribution >= 0.6 is 0 Å². The first-order chi connectivity index (χ1) is 21.2. The van der Waals surface area contributed by atoms with Crippen LogP contribution in [0, 0.1) is 0 Å². The summed E-state index contributed by atoms with van der Waals surface area (Å²) in [4.78, 5) is 55.2. The Hall–Kier alpha value is -4.44. The Labute approximate surface area is 267 Å². The van der Waals surface area contributed by atoms with Gasteiger partial charge in [0.25, 0.3) is 0 Å². The van der Waals surface area contributed by atoms with Crippen LogP contribution in [0.3, 0.4) is 0 Å². The Morgan fingerprint density at radius 3 is 1.64 bits per heavy atom. The molecule has 0 aliphatic carbocycles. The zero-order valence-corrected chi connectivity index (χ0v) is 28.0. The molecule has 3 amide bonds. The summed E-state index contributed by atoms with van der Waals surface area (Å²) in [6.07, 6.45) is -0.317. The third-order valence-electron chi connectivity index (χ3n) is 6.44. The number of ether oxygens (including phenoxy) is 1. The minimum atomic E-state index is -2.25. The number of benzene rings is 3. The summed E-state index contributed by atoms with van der Waals surface area (Å²) < 4.78 is 11.2. The first kappa shape index (κ1) is 35.0. The summed E-state index contributed by atoms with van der Waals surface area (Å²) in [5.41, 5.74) is 1.71. The summed E-state index contributed by atoms with van der Waals surface area (Å²) in [5, 5.41) is 5.55. The van der Waals surface area contributed by atoms with Crippen molar-refractivity contribution in [1.29, 1.82) is 0 Å². The zero-order chi connectivity index (χ0) is 33.0. The molecule has 2 N–H and O–H groups in total. The van der Waals surface area contributed by atoms with E-state index in [-0.39, 0.29) is 25.9 Å². The second-order valence-corrected chi connectivity index (χ2v) is 17.3. The van der Waals surface area contributed by atoms with E-state index < -0.39 is 49.9 Å². The molecule has 0 aromatic heterocycles. The fourth-order valence-electron chi connectivity index (χ4n) is 4.56. The van der Waals surface area contributed by atoms with Crippen LogP contribution in [0.4, 0.5) is 4.79 Å². The molecule has 3 aromatic rings. The van der Waals surface area contributed by atoms with Gasteiger partial charge < -0.3 is 24.7 Å². The van der Waals surface area contributed by atoms with Crippen molar-refractivity contribution in [2.45, 2.75) is 77.5 Å². The molecular formula is C35H45N3O6Si. The van der Waals surface area contributed by atoms with Crippen LogP contribution in [0.1, 0.15) is 37.5 Å². The van der Waals surface area contributed by atoms with Gasteiger partial charge in [0.2, 0.25) is 20.1 Å². The van der Waals surface area contributed by atoms with Gasteiger partial charge >= 0.3 is 12.1 Å². The summed E-state index contributed by atoms with van der Waals surface area (Å²) in [6, 6.07) is 26.0. The average Bonchev–Trinajstić information content (AvgIpc) is 2.95. The minimum absolute atomic E-state index is 0.108. The topological polar surface area (TPSA) is 114 Å². The molecule has 0 aliphatic rings. The molecule has 2 atom stereocenters. The van der Waals surface area contributed by atoms with Crippen LogP contribution in [0.15, 0.2) is 91.0 Å². The van der Waals surface area contributed by atoms with Crippen molar-refractivity contribution in [2.24, 2.45) is 0 Å². The molecule has 3 rings (SSSR count). The lowest BCUT2D eigenvalue weighted by atomic mass is 10.0. The van der Waals surface area contributed by atoms with Crippen molar-refractivity contribution >= 4 is 32.2 Å².